The Bertz CT molecular complexity index is 200. The van der Waals surface area contributed by atoms with Crippen molar-refractivity contribution in [3.63, 3.8) is 0 Å². The third kappa shape index (κ3) is 3.79. The zero-order chi connectivity index (χ0) is 9.68. The first-order valence-corrected chi connectivity index (χ1v) is 4.76. The molecule has 0 atom stereocenters. The smallest absolute Gasteiger partial charge is 0.223 e. The van der Waals surface area contributed by atoms with E-state index in [1.807, 2.05) is 0 Å². The summed E-state index contributed by atoms with van der Waals surface area (Å²) in [6.07, 6.45) is 1.61. The lowest BCUT2D eigenvalue weighted by Crippen LogP contribution is -2.34. The Kier molecular flexibility index (Phi) is 4.25. The molecule has 0 aromatic carbocycles. The van der Waals surface area contributed by atoms with Crippen LogP contribution in [0, 0.1) is 5.92 Å². The Morgan fingerprint density at radius 1 is 1.54 bits per heavy atom. The number of amides is 1. The molecule has 1 aliphatic rings. The Hall–Kier alpha value is -0.540. The molecule has 1 amide bonds. The second-order valence-corrected chi connectivity index (χ2v) is 3.66. The van der Waals surface area contributed by atoms with Crippen LogP contribution in [0.15, 0.2) is 11.6 Å². The molecular weight excluding hydrogens is 190 g/mol. The third-order valence-corrected chi connectivity index (χ3v) is 2.18. The standard InChI is InChI=1S/C9H14ClNO2/c1-7(10)6-11-9(12)8-2-4-13-5-3-8/h8H,1-6H2,(H,11,12). The predicted octanol–water partition coefficient (Wildman–Crippen LogP) is 1.28. The van der Waals surface area contributed by atoms with E-state index >= 15 is 0 Å². The molecule has 1 rings (SSSR count). The highest BCUT2D eigenvalue weighted by Crippen LogP contribution is 2.14. The number of hydrogen-bond donors (Lipinski definition) is 1. The molecule has 1 aliphatic heterocycles. The van der Waals surface area contributed by atoms with Crippen molar-refractivity contribution in [2.75, 3.05) is 19.8 Å². The van der Waals surface area contributed by atoms with Gasteiger partial charge in [0.1, 0.15) is 0 Å². The molecule has 74 valence electrons. The lowest BCUT2D eigenvalue weighted by Gasteiger charge is -2.20. The minimum Gasteiger partial charge on any atom is -0.381 e. The maximum atomic E-state index is 11.4. The zero-order valence-corrected chi connectivity index (χ0v) is 8.27. The van der Waals surface area contributed by atoms with E-state index < -0.39 is 0 Å². The largest absolute Gasteiger partial charge is 0.381 e. The zero-order valence-electron chi connectivity index (χ0n) is 7.51. The Balaban J connectivity index is 2.25. The summed E-state index contributed by atoms with van der Waals surface area (Å²) < 4.78 is 5.15. The first-order valence-electron chi connectivity index (χ1n) is 4.39. The van der Waals surface area contributed by atoms with Crippen molar-refractivity contribution in [3.8, 4) is 0 Å². The number of ether oxygens (including phenoxy) is 1. The summed E-state index contributed by atoms with van der Waals surface area (Å²) >= 11 is 5.53. The number of halogens is 1. The van der Waals surface area contributed by atoms with Crippen LogP contribution in [-0.4, -0.2) is 25.7 Å². The molecule has 0 aromatic heterocycles. The monoisotopic (exact) mass is 203 g/mol. The molecule has 0 aromatic rings. The van der Waals surface area contributed by atoms with Gasteiger partial charge >= 0.3 is 0 Å². The fraction of sp³-hybridized carbons (Fsp3) is 0.667. The topological polar surface area (TPSA) is 38.3 Å². The van der Waals surface area contributed by atoms with Crippen LogP contribution in [0.25, 0.3) is 0 Å². The van der Waals surface area contributed by atoms with Crippen molar-refractivity contribution in [3.05, 3.63) is 11.6 Å². The summed E-state index contributed by atoms with van der Waals surface area (Å²) in [4.78, 5) is 11.4. The van der Waals surface area contributed by atoms with E-state index in [9.17, 15) is 4.79 Å². The summed E-state index contributed by atoms with van der Waals surface area (Å²) in [5.41, 5.74) is 0. The number of carbonyl (C=O) groups excluding carboxylic acids is 1. The molecule has 0 radical (unpaired) electrons. The minimum absolute atomic E-state index is 0.0603. The molecule has 1 fully saturated rings. The number of carbonyl (C=O) groups is 1. The van der Waals surface area contributed by atoms with Crippen molar-refractivity contribution >= 4 is 17.5 Å². The van der Waals surface area contributed by atoms with E-state index in [0.717, 1.165) is 12.8 Å². The van der Waals surface area contributed by atoms with Crippen LogP contribution in [0.2, 0.25) is 0 Å². The highest BCUT2D eigenvalue weighted by Gasteiger charge is 2.20. The van der Waals surface area contributed by atoms with Crippen molar-refractivity contribution < 1.29 is 9.53 Å². The number of nitrogens with one attached hydrogen (secondary N) is 1. The van der Waals surface area contributed by atoms with Crippen LogP contribution in [0.4, 0.5) is 0 Å². The van der Waals surface area contributed by atoms with Gasteiger partial charge in [-0.1, -0.05) is 18.2 Å². The molecule has 0 saturated carbocycles. The average molecular weight is 204 g/mol. The lowest BCUT2D eigenvalue weighted by atomic mass is 9.99. The van der Waals surface area contributed by atoms with E-state index in [1.54, 1.807) is 0 Å². The quantitative estimate of drug-likeness (QED) is 0.751. The SMILES string of the molecule is C=C(Cl)CNC(=O)C1CCOCC1. The first-order chi connectivity index (χ1) is 6.20. The summed E-state index contributed by atoms with van der Waals surface area (Å²) in [6, 6.07) is 0. The van der Waals surface area contributed by atoms with Gasteiger partial charge in [-0.15, -0.1) is 0 Å². The van der Waals surface area contributed by atoms with Gasteiger partial charge in [0.2, 0.25) is 5.91 Å². The van der Waals surface area contributed by atoms with Crippen LogP contribution in [0.1, 0.15) is 12.8 Å². The maximum absolute atomic E-state index is 11.4. The van der Waals surface area contributed by atoms with E-state index in [2.05, 4.69) is 11.9 Å². The molecule has 4 heteroatoms. The van der Waals surface area contributed by atoms with Crippen LogP contribution in [-0.2, 0) is 9.53 Å². The molecule has 1 heterocycles. The highest BCUT2D eigenvalue weighted by molar-refractivity contribution is 6.29. The molecule has 0 spiro atoms. The van der Waals surface area contributed by atoms with Gasteiger partial charge in [-0.3, -0.25) is 4.79 Å². The van der Waals surface area contributed by atoms with Gasteiger partial charge in [-0.2, -0.15) is 0 Å². The molecule has 1 saturated heterocycles. The van der Waals surface area contributed by atoms with E-state index in [1.165, 1.54) is 0 Å². The van der Waals surface area contributed by atoms with Crippen LogP contribution >= 0.6 is 11.6 Å². The van der Waals surface area contributed by atoms with Gasteiger partial charge in [0.25, 0.3) is 0 Å². The summed E-state index contributed by atoms with van der Waals surface area (Å²) in [6.45, 7) is 5.22. The van der Waals surface area contributed by atoms with Crippen molar-refractivity contribution in [1.82, 2.24) is 5.32 Å². The van der Waals surface area contributed by atoms with Gasteiger partial charge in [0.05, 0.1) is 6.54 Å². The van der Waals surface area contributed by atoms with Crippen molar-refractivity contribution in [2.24, 2.45) is 5.92 Å². The minimum atomic E-state index is 0.0603. The maximum Gasteiger partial charge on any atom is 0.223 e. The summed E-state index contributed by atoms with van der Waals surface area (Å²) in [5.74, 6) is 0.148. The number of hydrogen-bond acceptors (Lipinski definition) is 2. The molecule has 0 unspecified atom stereocenters. The van der Waals surface area contributed by atoms with Crippen LogP contribution < -0.4 is 5.32 Å². The van der Waals surface area contributed by atoms with Gasteiger partial charge in [-0.05, 0) is 12.8 Å². The van der Waals surface area contributed by atoms with Crippen LogP contribution in [0.3, 0.4) is 0 Å². The van der Waals surface area contributed by atoms with E-state index in [4.69, 9.17) is 16.3 Å². The molecule has 0 bridgehead atoms. The first kappa shape index (κ1) is 10.5. The fourth-order valence-electron chi connectivity index (χ4n) is 1.29. The van der Waals surface area contributed by atoms with Gasteiger partial charge in [0, 0.05) is 24.2 Å². The van der Waals surface area contributed by atoms with E-state index in [-0.39, 0.29) is 11.8 Å². The average Bonchev–Trinajstić information content (AvgIpc) is 2.15. The second kappa shape index (κ2) is 5.25. The van der Waals surface area contributed by atoms with Crippen molar-refractivity contribution in [1.29, 1.82) is 0 Å². The lowest BCUT2D eigenvalue weighted by molar-refractivity contribution is -0.127. The molecular formula is C9H14ClNO2. The molecule has 13 heavy (non-hydrogen) atoms. The fourth-order valence-corrected chi connectivity index (χ4v) is 1.35. The summed E-state index contributed by atoms with van der Waals surface area (Å²) in [7, 11) is 0. The molecule has 1 N–H and O–H groups in total. The van der Waals surface area contributed by atoms with E-state index in [0.29, 0.717) is 24.8 Å². The highest BCUT2D eigenvalue weighted by atomic mass is 35.5. The van der Waals surface area contributed by atoms with Gasteiger partial charge < -0.3 is 10.1 Å². The van der Waals surface area contributed by atoms with Gasteiger partial charge in [0.15, 0.2) is 0 Å². The molecule has 3 nitrogen and oxygen atoms in total. The molecule has 0 aliphatic carbocycles. The Labute approximate surface area is 83.1 Å². The number of rotatable bonds is 3. The van der Waals surface area contributed by atoms with Crippen molar-refractivity contribution in [2.45, 2.75) is 12.8 Å². The normalized spacial score (nSPS) is 18.2. The van der Waals surface area contributed by atoms with Crippen LogP contribution in [0.5, 0.6) is 0 Å². The van der Waals surface area contributed by atoms with Gasteiger partial charge in [-0.25, -0.2) is 0 Å². The third-order valence-electron chi connectivity index (χ3n) is 2.05. The Morgan fingerprint density at radius 3 is 2.69 bits per heavy atom. The Morgan fingerprint density at radius 2 is 2.15 bits per heavy atom. The second-order valence-electron chi connectivity index (χ2n) is 3.12. The predicted molar refractivity (Wildman–Crippen MR) is 51.5 cm³/mol. The summed E-state index contributed by atoms with van der Waals surface area (Å²) in [5, 5.41) is 3.18.